The average molecular weight is 267 g/mol. The minimum absolute atomic E-state index is 0.0409. The van der Waals surface area contributed by atoms with Gasteiger partial charge in [0.05, 0.1) is 5.92 Å². The highest BCUT2D eigenvalue weighted by molar-refractivity contribution is 6.06. The largest absolute Gasteiger partial charge is 0.319 e. The van der Waals surface area contributed by atoms with Crippen LogP contribution in [-0.2, 0) is 14.4 Å². The second kappa shape index (κ2) is 4.92. The molecule has 0 radical (unpaired) electrons. The van der Waals surface area contributed by atoms with Gasteiger partial charge in [-0.3, -0.25) is 19.7 Å². The number of piperidine rings is 1. The highest BCUT2D eigenvalue weighted by atomic mass is 16.2. The van der Waals surface area contributed by atoms with Gasteiger partial charge in [0.15, 0.2) is 0 Å². The summed E-state index contributed by atoms with van der Waals surface area (Å²) in [6.45, 7) is 6.19. The van der Waals surface area contributed by atoms with E-state index in [1.54, 1.807) is 13.8 Å². The number of hydrogen-bond acceptors (Lipinski definition) is 4. The van der Waals surface area contributed by atoms with E-state index in [1.165, 1.54) is 4.90 Å². The molecule has 0 aromatic carbocycles. The lowest BCUT2D eigenvalue weighted by Gasteiger charge is -2.43. The smallest absolute Gasteiger partial charge is 0.252 e. The van der Waals surface area contributed by atoms with Crippen molar-refractivity contribution in [2.45, 2.75) is 45.2 Å². The molecule has 0 aromatic rings. The number of carbonyl (C=O) groups excluding carboxylic acids is 3. The lowest BCUT2D eigenvalue weighted by atomic mass is 9.88. The molecular weight excluding hydrogens is 246 g/mol. The number of hydrogen-bond donors (Lipinski definition) is 2. The van der Waals surface area contributed by atoms with Gasteiger partial charge in [-0.25, -0.2) is 0 Å². The first-order chi connectivity index (χ1) is 8.84. The number of rotatable bonds is 1. The molecule has 0 aromatic heterocycles. The van der Waals surface area contributed by atoms with Gasteiger partial charge in [-0.05, 0) is 40.2 Å². The van der Waals surface area contributed by atoms with Gasteiger partial charge in [-0.2, -0.15) is 0 Å². The molecular formula is C13H21N3O3. The van der Waals surface area contributed by atoms with Gasteiger partial charge in [0, 0.05) is 6.04 Å². The van der Waals surface area contributed by atoms with E-state index in [2.05, 4.69) is 10.6 Å². The van der Waals surface area contributed by atoms with Gasteiger partial charge >= 0.3 is 0 Å². The molecule has 0 bridgehead atoms. The molecule has 0 spiro atoms. The van der Waals surface area contributed by atoms with Crippen LogP contribution >= 0.6 is 0 Å². The van der Waals surface area contributed by atoms with Crippen LogP contribution < -0.4 is 10.6 Å². The number of piperazine rings is 1. The maximum Gasteiger partial charge on any atom is 0.252 e. The quantitative estimate of drug-likeness (QED) is 0.636. The van der Waals surface area contributed by atoms with E-state index in [0.29, 0.717) is 0 Å². The summed E-state index contributed by atoms with van der Waals surface area (Å²) in [4.78, 5) is 37.4. The third-order valence-electron chi connectivity index (χ3n) is 4.13. The third kappa shape index (κ3) is 2.49. The number of nitrogens with zero attached hydrogens (tertiary/aromatic N) is 1. The average Bonchev–Trinajstić information content (AvgIpc) is 2.34. The summed E-state index contributed by atoms with van der Waals surface area (Å²) in [6.07, 6.45) is 1.74. The maximum absolute atomic E-state index is 12.6. The van der Waals surface area contributed by atoms with E-state index in [4.69, 9.17) is 0 Å². The van der Waals surface area contributed by atoms with Crippen LogP contribution in [0.2, 0.25) is 0 Å². The fraction of sp³-hybridized carbons (Fsp3) is 0.769. The van der Waals surface area contributed by atoms with Gasteiger partial charge in [-0.15, -0.1) is 0 Å². The predicted octanol–water partition coefficient (Wildman–Crippen LogP) is -0.362. The molecule has 6 heteroatoms. The zero-order valence-corrected chi connectivity index (χ0v) is 11.7. The molecule has 19 heavy (non-hydrogen) atoms. The molecule has 2 aliphatic heterocycles. The maximum atomic E-state index is 12.6. The highest BCUT2D eigenvalue weighted by Crippen LogP contribution is 2.25. The number of carbonyl (C=O) groups is 3. The lowest BCUT2D eigenvalue weighted by molar-refractivity contribution is -0.158. The molecule has 2 N–H and O–H groups in total. The van der Waals surface area contributed by atoms with Crippen molar-refractivity contribution in [3.8, 4) is 0 Å². The van der Waals surface area contributed by atoms with Crippen molar-refractivity contribution in [3.63, 3.8) is 0 Å². The Morgan fingerprint density at radius 3 is 2.68 bits per heavy atom. The third-order valence-corrected chi connectivity index (χ3v) is 4.13. The number of nitrogens with one attached hydrogen (secondary N) is 2. The molecule has 2 heterocycles. The summed E-state index contributed by atoms with van der Waals surface area (Å²) >= 11 is 0. The van der Waals surface area contributed by atoms with E-state index in [1.807, 2.05) is 6.92 Å². The van der Waals surface area contributed by atoms with Gasteiger partial charge < -0.3 is 10.2 Å². The molecule has 6 nitrogen and oxygen atoms in total. The van der Waals surface area contributed by atoms with Crippen LogP contribution in [0.25, 0.3) is 0 Å². The normalized spacial score (nSPS) is 31.0. The van der Waals surface area contributed by atoms with Crippen LogP contribution in [0.4, 0.5) is 0 Å². The van der Waals surface area contributed by atoms with Crippen LogP contribution in [0.5, 0.6) is 0 Å². The minimum Gasteiger partial charge on any atom is -0.319 e. The van der Waals surface area contributed by atoms with E-state index in [-0.39, 0.29) is 24.4 Å². The van der Waals surface area contributed by atoms with E-state index in [0.717, 1.165) is 19.4 Å². The Kier molecular flexibility index (Phi) is 3.62. The number of imide groups is 1. The SMILES string of the molecule is CC1NCCCC1C(=O)N1CC(=O)NC(=O)C1(C)C. The summed E-state index contributed by atoms with van der Waals surface area (Å²) in [5.41, 5.74) is -0.970. The molecule has 2 aliphatic rings. The van der Waals surface area contributed by atoms with Crippen molar-refractivity contribution >= 4 is 17.7 Å². The Labute approximate surface area is 112 Å². The molecule has 0 aliphatic carbocycles. The van der Waals surface area contributed by atoms with E-state index < -0.39 is 17.4 Å². The molecule has 2 atom stereocenters. The summed E-state index contributed by atoms with van der Waals surface area (Å²) in [7, 11) is 0. The second-order valence-corrected chi connectivity index (χ2v) is 5.85. The highest BCUT2D eigenvalue weighted by Gasteiger charge is 2.46. The Bertz CT molecular complexity index is 419. The zero-order chi connectivity index (χ0) is 14.2. The number of amides is 3. The zero-order valence-electron chi connectivity index (χ0n) is 11.7. The Hall–Kier alpha value is -1.43. The predicted molar refractivity (Wildman–Crippen MR) is 69.1 cm³/mol. The first-order valence-electron chi connectivity index (χ1n) is 6.73. The van der Waals surface area contributed by atoms with Crippen LogP contribution in [-0.4, -0.2) is 47.3 Å². The van der Waals surface area contributed by atoms with Crippen molar-refractivity contribution in [2.75, 3.05) is 13.1 Å². The van der Waals surface area contributed by atoms with Gasteiger partial charge in [-0.1, -0.05) is 0 Å². The van der Waals surface area contributed by atoms with Crippen molar-refractivity contribution in [2.24, 2.45) is 5.92 Å². The summed E-state index contributed by atoms with van der Waals surface area (Å²) < 4.78 is 0. The fourth-order valence-electron chi connectivity index (χ4n) is 2.72. The van der Waals surface area contributed by atoms with Crippen molar-refractivity contribution in [3.05, 3.63) is 0 Å². The molecule has 106 valence electrons. The van der Waals surface area contributed by atoms with Gasteiger partial charge in [0.1, 0.15) is 12.1 Å². The van der Waals surface area contributed by atoms with E-state index >= 15 is 0 Å². The molecule has 2 fully saturated rings. The monoisotopic (exact) mass is 267 g/mol. The summed E-state index contributed by atoms with van der Waals surface area (Å²) in [5.74, 6) is -1.08. The molecule has 2 saturated heterocycles. The topological polar surface area (TPSA) is 78.5 Å². The minimum atomic E-state index is -0.970. The molecule has 3 amide bonds. The molecule has 0 saturated carbocycles. The Balaban J connectivity index is 2.20. The standard InChI is InChI=1S/C13H21N3O3/c1-8-9(5-4-6-14-8)11(18)16-7-10(17)15-12(19)13(16,2)3/h8-9,14H,4-7H2,1-3H3,(H,15,17,19). The summed E-state index contributed by atoms with van der Waals surface area (Å²) in [5, 5.41) is 5.55. The van der Waals surface area contributed by atoms with Gasteiger partial charge in [0.2, 0.25) is 11.8 Å². The lowest BCUT2D eigenvalue weighted by Crippen LogP contribution is -2.67. The van der Waals surface area contributed by atoms with Crippen LogP contribution in [0, 0.1) is 5.92 Å². The first kappa shape index (κ1) is 14.0. The van der Waals surface area contributed by atoms with Crippen LogP contribution in [0.1, 0.15) is 33.6 Å². The Morgan fingerprint density at radius 2 is 2.05 bits per heavy atom. The second-order valence-electron chi connectivity index (χ2n) is 5.85. The molecule has 2 unspecified atom stereocenters. The summed E-state index contributed by atoms with van der Waals surface area (Å²) in [6, 6.07) is 0.0807. The van der Waals surface area contributed by atoms with Crippen molar-refractivity contribution < 1.29 is 14.4 Å². The van der Waals surface area contributed by atoms with Crippen LogP contribution in [0.3, 0.4) is 0 Å². The van der Waals surface area contributed by atoms with Crippen molar-refractivity contribution in [1.29, 1.82) is 0 Å². The van der Waals surface area contributed by atoms with Crippen molar-refractivity contribution in [1.82, 2.24) is 15.5 Å². The van der Waals surface area contributed by atoms with Gasteiger partial charge in [0.25, 0.3) is 5.91 Å². The fourth-order valence-corrected chi connectivity index (χ4v) is 2.72. The van der Waals surface area contributed by atoms with E-state index in [9.17, 15) is 14.4 Å². The molecule has 2 rings (SSSR count). The first-order valence-corrected chi connectivity index (χ1v) is 6.73. The Morgan fingerprint density at radius 1 is 1.37 bits per heavy atom. The van der Waals surface area contributed by atoms with Crippen LogP contribution in [0.15, 0.2) is 0 Å².